The molecule has 1 aliphatic rings. The number of carbonyl (C=O) groups excluding carboxylic acids is 2. The summed E-state index contributed by atoms with van der Waals surface area (Å²) in [4.78, 5) is 39.7. The molecule has 0 aromatic heterocycles. The number of carboxylic acids is 1. The van der Waals surface area contributed by atoms with E-state index in [1.54, 1.807) is 15.9 Å². The van der Waals surface area contributed by atoms with E-state index >= 15 is 0 Å². The lowest BCUT2D eigenvalue weighted by Gasteiger charge is -2.23. The summed E-state index contributed by atoms with van der Waals surface area (Å²) in [6.07, 6.45) is 0.267. The molecule has 1 heterocycles. The first-order valence-electron chi connectivity index (χ1n) is 10.4. The molecule has 0 radical (unpaired) electrons. The Morgan fingerprint density at radius 2 is 1.55 bits per heavy atom. The van der Waals surface area contributed by atoms with Crippen LogP contribution in [0, 0.1) is 17.5 Å². The topological polar surface area (TPSA) is 104 Å². The van der Waals surface area contributed by atoms with Crippen molar-refractivity contribution < 1.29 is 32.7 Å². The second-order valence-electron chi connectivity index (χ2n) is 7.94. The Kier molecular flexibility index (Phi) is 7.70. The Morgan fingerprint density at radius 3 is 2.27 bits per heavy atom. The number of halogens is 3. The molecule has 0 saturated carbocycles. The Morgan fingerprint density at radius 1 is 0.909 bits per heavy atom. The standard InChI is InChI=1S/C23H24F3N3O4/c24-18-13-20(26)19(25)11-16(18)10-17(27)12-21(30)28-5-2-6-29(8-7-28)22(31)14-3-1-4-15(9-14)23(32)33/h1,3-4,9,11,13,17H,2,5-8,10,12,27H2,(H,32,33)/t17-/m1/s1. The molecule has 0 bridgehead atoms. The van der Waals surface area contributed by atoms with Gasteiger partial charge in [0.25, 0.3) is 5.91 Å². The maximum absolute atomic E-state index is 13.8. The van der Waals surface area contributed by atoms with Crippen LogP contribution >= 0.6 is 0 Å². The van der Waals surface area contributed by atoms with Gasteiger partial charge in [-0.05, 0) is 42.7 Å². The van der Waals surface area contributed by atoms with Gasteiger partial charge < -0.3 is 20.6 Å². The van der Waals surface area contributed by atoms with Gasteiger partial charge in [0, 0.05) is 50.3 Å². The number of rotatable bonds is 6. The van der Waals surface area contributed by atoms with Crippen molar-refractivity contribution in [3.05, 3.63) is 70.5 Å². The zero-order chi connectivity index (χ0) is 24.1. The average molecular weight is 463 g/mol. The van der Waals surface area contributed by atoms with Crippen molar-refractivity contribution in [1.82, 2.24) is 9.80 Å². The van der Waals surface area contributed by atoms with Gasteiger partial charge in [0.15, 0.2) is 11.6 Å². The molecular formula is C23H24F3N3O4. The van der Waals surface area contributed by atoms with Crippen molar-refractivity contribution in [1.29, 1.82) is 0 Å². The smallest absolute Gasteiger partial charge is 0.335 e. The summed E-state index contributed by atoms with van der Waals surface area (Å²) >= 11 is 0. The maximum Gasteiger partial charge on any atom is 0.335 e. The summed E-state index contributed by atoms with van der Waals surface area (Å²) in [5.74, 6) is -5.13. The van der Waals surface area contributed by atoms with E-state index in [-0.39, 0.29) is 54.4 Å². The molecule has 0 spiro atoms. The molecule has 10 heteroatoms. The van der Waals surface area contributed by atoms with Crippen LogP contribution in [0.4, 0.5) is 13.2 Å². The molecule has 7 nitrogen and oxygen atoms in total. The van der Waals surface area contributed by atoms with Crippen LogP contribution in [-0.2, 0) is 11.2 Å². The second kappa shape index (κ2) is 10.5. The van der Waals surface area contributed by atoms with E-state index < -0.39 is 29.5 Å². The zero-order valence-corrected chi connectivity index (χ0v) is 17.8. The van der Waals surface area contributed by atoms with Crippen LogP contribution in [0.1, 0.15) is 39.1 Å². The third-order valence-electron chi connectivity index (χ3n) is 5.50. The number of nitrogens with two attached hydrogens (primary N) is 1. The van der Waals surface area contributed by atoms with Crippen molar-refractivity contribution in [2.24, 2.45) is 5.73 Å². The van der Waals surface area contributed by atoms with E-state index in [1.807, 2.05) is 0 Å². The summed E-state index contributed by atoms with van der Waals surface area (Å²) in [5.41, 5.74) is 6.12. The van der Waals surface area contributed by atoms with Gasteiger partial charge in [0.05, 0.1) is 5.56 Å². The van der Waals surface area contributed by atoms with Gasteiger partial charge >= 0.3 is 5.97 Å². The molecular weight excluding hydrogens is 439 g/mol. The Labute approximate surface area is 188 Å². The molecule has 0 aliphatic carbocycles. The van der Waals surface area contributed by atoms with E-state index in [0.717, 1.165) is 6.07 Å². The fourth-order valence-electron chi connectivity index (χ4n) is 3.77. The molecule has 1 fully saturated rings. The number of aromatic carboxylic acids is 1. The highest BCUT2D eigenvalue weighted by atomic mass is 19.2. The molecule has 1 atom stereocenters. The van der Waals surface area contributed by atoms with Crippen LogP contribution < -0.4 is 5.73 Å². The predicted octanol–water partition coefficient (Wildman–Crippen LogP) is 2.44. The van der Waals surface area contributed by atoms with Crippen LogP contribution in [0.2, 0.25) is 0 Å². The third kappa shape index (κ3) is 6.10. The van der Waals surface area contributed by atoms with E-state index in [1.165, 1.54) is 18.2 Å². The normalized spacial score (nSPS) is 15.2. The number of amides is 2. The van der Waals surface area contributed by atoms with Gasteiger partial charge in [0.2, 0.25) is 5.91 Å². The number of hydrogen-bond acceptors (Lipinski definition) is 4. The van der Waals surface area contributed by atoms with Crippen molar-refractivity contribution in [2.75, 3.05) is 26.2 Å². The number of hydrogen-bond donors (Lipinski definition) is 2. The Bertz CT molecular complexity index is 1060. The maximum atomic E-state index is 13.8. The molecule has 2 amide bonds. The lowest BCUT2D eigenvalue weighted by molar-refractivity contribution is -0.131. The van der Waals surface area contributed by atoms with Gasteiger partial charge in [-0.25, -0.2) is 18.0 Å². The van der Waals surface area contributed by atoms with E-state index in [9.17, 15) is 27.6 Å². The van der Waals surface area contributed by atoms with Gasteiger partial charge in [-0.15, -0.1) is 0 Å². The van der Waals surface area contributed by atoms with Crippen molar-refractivity contribution in [2.45, 2.75) is 25.3 Å². The first-order chi connectivity index (χ1) is 15.7. The molecule has 3 N–H and O–H groups in total. The van der Waals surface area contributed by atoms with E-state index in [0.29, 0.717) is 25.6 Å². The van der Waals surface area contributed by atoms with Crippen LogP contribution in [0.15, 0.2) is 36.4 Å². The van der Waals surface area contributed by atoms with Crippen molar-refractivity contribution in [3.8, 4) is 0 Å². The number of nitrogens with zero attached hydrogens (tertiary/aromatic N) is 2. The highest BCUT2D eigenvalue weighted by Crippen LogP contribution is 2.17. The van der Waals surface area contributed by atoms with Crippen molar-refractivity contribution in [3.63, 3.8) is 0 Å². The zero-order valence-electron chi connectivity index (χ0n) is 17.8. The fraction of sp³-hybridized carbons (Fsp3) is 0.348. The molecule has 3 rings (SSSR count). The molecule has 176 valence electrons. The monoisotopic (exact) mass is 463 g/mol. The minimum atomic E-state index is -1.29. The summed E-state index contributed by atoms with van der Waals surface area (Å²) in [6, 6.07) is 6.15. The first kappa shape index (κ1) is 24.2. The molecule has 1 saturated heterocycles. The SMILES string of the molecule is N[C@@H](CC(=O)N1CCCN(C(=O)c2cccc(C(=O)O)c2)CC1)Cc1cc(F)c(F)cc1F. The van der Waals surface area contributed by atoms with Gasteiger partial charge in [0.1, 0.15) is 5.82 Å². The molecule has 2 aromatic carbocycles. The minimum absolute atomic E-state index is 0.0129. The quantitative estimate of drug-likeness (QED) is 0.641. The fourth-order valence-corrected chi connectivity index (χ4v) is 3.77. The highest BCUT2D eigenvalue weighted by molar-refractivity contribution is 5.97. The van der Waals surface area contributed by atoms with Crippen LogP contribution in [0.25, 0.3) is 0 Å². The second-order valence-corrected chi connectivity index (χ2v) is 7.94. The lowest BCUT2D eigenvalue weighted by Crippen LogP contribution is -2.40. The summed E-state index contributed by atoms with van der Waals surface area (Å²) in [7, 11) is 0. The minimum Gasteiger partial charge on any atom is -0.478 e. The largest absolute Gasteiger partial charge is 0.478 e. The third-order valence-corrected chi connectivity index (χ3v) is 5.50. The summed E-state index contributed by atoms with van der Waals surface area (Å²) < 4.78 is 40.3. The molecule has 1 aliphatic heterocycles. The molecule has 33 heavy (non-hydrogen) atoms. The number of carboxylic acid groups (broad SMARTS) is 1. The number of carbonyl (C=O) groups is 3. The predicted molar refractivity (Wildman–Crippen MR) is 113 cm³/mol. The highest BCUT2D eigenvalue weighted by Gasteiger charge is 2.25. The van der Waals surface area contributed by atoms with Crippen LogP contribution in [0.3, 0.4) is 0 Å². The Hall–Kier alpha value is -3.40. The van der Waals surface area contributed by atoms with E-state index in [2.05, 4.69) is 0 Å². The Balaban J connectivity index is 1.57. The van der Waals surface area contributed by atoms with Gasteiger partial charge in [-0.1, -0.05) is 6.07 Å². The molecule has 2 aromatic rings. The average Bonchev–Trinajstić information content (AvgIpc) is 3.03. The van der Waals surface area contributed by atoms with Crippen molar-refractivity contribution >= 4 is 17.8 Å². The number of benzene rings is 2. The summed E-state index contributed by atoms with van der Waals surface area (Å²) in [6.45, 7) is 1.31. The summed E-state index contributed by atoms with van der Waals surface area (Å²) in [5, 5.41) is 9.11. The van der Waals surface area contributed by atoms with Crippen LogP contribution in [0.5, 0.6) is 0 Å². The van der Waals surface area contributed by atoms with E-state index in [4.69, 9.17) is 10.8 Å². The van der Waals surface area contributed by atoms with Gasteiger partial charge in [-0.3, -0.25) is 9.59 Å². The lowest BCUT2D eigenvalue weighted by atomic mass is 10.0. The van der Waals surface area contributed by atoms with Crippen LogP contribution in [-0.4, -0.2) is 64.9 Å². The first-order valence-corrected chi connectivity index (χ1v) is 10.4. The van der Waals surface area contributed by atoms with Gasteiger partial charge in [-0.2, -0.15) is 0 Å². The molecule has 0 unspecified atom stereocenters.